The van der Waals surface area contributed by atoms with Crippen LogP contribution in [-0.4, -0.2) is 32.8 Å². The third kappa shape index (κ3) is 4.05. The average Bonchev–Trinajstić information content (AvgIpc) is 2.68. The molecule has 0 bridgehead atoms. The number of carbonyl (C=O) groups is 1. The molecule has 1 heterocycles. The zero-order valence-electron chi connectivity index (χ0n) is 14.3. The van der Waals surface area contributed by atoms with Gasteiger partial charge in [0, 0.05) is 29.6 Å². The molecule has 0 aromatic heterocycles. The van der Waals surface area contributed by atoms with Gasteiger partial charge < -0.3 is 14.8 Å². The van der Waals surface area contributed by atoms with Crippen LogP contribution in [0.3, 0.4) is 0 Å². The van der Waals surface area contributed by atoms with Gasteiger partial charge in [-0.2, -0.15) is 0 Å². The number of benzene rings is 2. The molecular weight excluding hydrogens is 382 g/mol. The van der Waals surface area contributed by atoms with Crippen LogP contribution in [0.25, 0.3) is 0 Å². The Morgan fingerprint density at radius 2 is 1.92 bits per heavy atom. The third-order valence-electron chi connectivity index (χ3n) is 4.84. The molecule has 1 fully saturated rings. The molecule has 0 saturated carbocycles. The highest BCUT2D eigenvalue weighted by Gasteiger charge is 2.34. The van der Waals surface area contributed by atoms with Crippen LogP contribution in [0.15, 0.2) is 53.0 Å². The average molecular weight is 404 g/mol. The van der Waals surface area contributed by atoms with Gasteiger partial charge in [-0.25, -0.2) is 0 Å². The molecule has 1 N–H and O–H groups in total. The van der Waals surface area contributed by atoms with Crippen molar-refractivity contribution in [2.75, 3.05) is 26.9 Å². The highest BCUT2D eigenvalue weighted by Crippen LogP contribution is 2.34. The first kappa shape index (κ1) is 18.0. The van der Waals surface area contributed by atoms with E-state index in [-0.39, 0.29) is 11.3 Å². The fourth-order valence-electron chi connectivity index (χ4n) is 3.27. The van der Waals surface area contributed by atoms with Crippen molar-refractivity contribution in [3.05, 3.63) is 64.1 Å². The number of carbonyl (C=O) groups excluding carboxylic acids is 1. The molecule has 2 aromatic carbocycles. The van der Waals surface area contributed by atoms with Crippen molar-refractivity contribution in [2.24, 2.45) is 0 Å². The first-order chi connectivity index (χ1) is 12.1. The van der Waals surface area contributed by atoms with Gasteiger partial charge in [-0.15, -0.1) is 0 Å². The second-order valence-electron chi connectivity index (χ2n) is 6.29. The molecule has 0 atom stereocenters. The van der Waals surface area contributed by atoms with E-state index in [0.717, 1.165) is 17.3 Å². The van der Waals surface area contributed by atoms with Crippen molar-refractivity contribution in [3.8, 4) is 5.75 Å². The molecule has 25 heavy (non-hydrogen) atoms. The van der Waals surface area contributed by atoms with Crippen LogP contribution < -0.4 is 10.1 Å². The first-order valence-corrected chi connectivity index (χ1v) is 9.19. The second-order valence-corrected chi connectivity index (χ2v) is 7.14. The summed E-state index contributed by atoms with van der Waals surface area (Å²) < 4.78 is 11.5. The van der Waals surface area contributed by atoms with Crippen LogP contribution in [0.5, 0.6) is 5.75 Å². The minimum absolute atomic E-state index is 0.0828. The molecule has 1 aliphatic heterocycles. The van der Waals surface area contributed by atoms with Crippen LogP contribution in [0.2, 0.25) is 0 Å². The van der Waals surface area contributed by atoms with Gasteiger partial charge >= 0.3 is 0 Å². The number of methoxy groups -OCH3 is 1. The lowest BCUT2D eigenvalue weighted by molar-refractivity contribution is 0.0487. The molecule has 0 aliphatic carbocycles. The molecule has 5 heteroatoms. The molecular formula is C20H22BrNO3. The van der Waals surface area contributed by atoms with E-state index in [2.05, 4.69) is 33.4 Å². The second kappa shape index (κ2) is 8.02. The molecule has 4 nitrogen and oxygen atoms in total. The maximum absolute atomic E-state index is 12.7. The number of nitrogens with one attached hydrogen (secondary N) is 1. The molecule has 0 unspecified atom stereocenters. The van der Waals surface area contributed by atoms with Gasteiger partial charge in [0.15, 0.2) is 0 Å². The monoisotopic (exact) mass is 403 g/mol. The van der Waals surface area contributed by atoms with E-state index in [0.29, 0.717) is 31.1 Å². The van der Waals surface area contributed by atoms with Crippen molar-refractivity contribution in [1.82, 2.24) is 5.32 Å². The quantitative estimate of drug-likeness (QED) is 0.822. The molecule has 3 rings (SSSR count). The minimum atomic E-state index is -0.104. The summed E-state index contributed by atoms with van der Waals surface area (Å²) in [6.45, 7) is 2.02. The lowest BCUT2D eigenvalue weighted by atomic mass is 9.74. The molecule has 0 radical (unpaired) electrons. The van der Waals surface area contributed by atoms with E-state index in [1.807, 2.05) is 30.3 Å². The van der Waals surface area contributed by atoms with Crippen LogP contribution in [0.1, 0.15) is 28.8 Å². The summed E-state index contributed by atoms with van der Waals surface area (Å²) in [4.78, 5) is 12.7. The van der Waals surface area contributed by atoms with E-state index >= 15 is 0 Å². The first-order valence-electron chi connectivity index (χ1n) is 8.40. The number of hydrogen-bond acceptors (Lipinski definition) is 3. The lowest BCUT2D eigenvalue weighted by Crippen LogP contribution is -2.44. The van der Waals surface area contributed by atoms with E-state index in [4.69, 9.17) is 9.47 Å². The van der Waals surface area contributed by atoms with Crippen molar-refractivity contribution in [1.29, 1.82) is 0 Å². The Morgan fingerprint density at radius 1 is 1.20 bits per heavy atom. The minimum Gasteiger partial charge on any atom is -0.497 e. The summed E-state index contributed by atoms with van der Waals surface area (Å²) in [6, 6.07) is 15.8. The van der Waals surface area contributed by atoms with Crippen LogP contribution in [0.4, 0.5) is 0 Å². The van der Waals surface area contributed by atoms with E-state index in [1.54, 1.807) is 13.2 Å². The van der Waals surface area contributed by atoms with Gasteiger partial charge in [0.2, 0.25) is 0 Å². The van der Waals surface area contributed by atoms with Gasteiger partial charge in [-0.3, -0.25) is 4.79 Å². The number of halogens is 1. The predicted octanol–water partition coefficient (Wildman–Crippen LogP) is 3.94. The summed E-state index contributed by atoms with van der Waals surface area (Å²) >= 11 is 3.45. The van der Waals surface area contributed by atoms with Crippen LogP contribution in [0, 0.1) is 0 Å². The fourth-order valence-corrected chi connectivity index (χ4v) is 3.70. The van der Waals surface area contributed by atoms with Gasteiger partial charge in [-0.05, 0) is 52.5 Å². The summed E-state index contributed by atoms with van der Waals surface area (Å²) in [6.07, 6.45) is 1.80. The largest absolute Gasteiger partial charge is 0.497 e. The number of amides is 1. The summed E-state index contributed by atoms with van der Waals surface area (Å²) in [5.74, 6) is 0.560. The molecule has 132 valence electrons. The Hall–Kier alpha value is -1.85. The predicted molar refractivity (Wildman–Crippen MR) is 101 cm³/mol. The normalized spacial score (nSPS) is 16.2. The van der Waals surface area contributed by atoms with Gasteiger partial charge in [0.25, 0.3) is 5.91 Å². The molecule has 0 spiro atoms. The van der Waals surface area contributed by atoms with E-state index in [1.165, 1.54) is 5.56 Å². The third-order valence-corrected chi connectivity index (χ3v) is 5.53. The highest BCUT2D eigenvalue weighted by atomic mass is 79.9. The van der Waals surface area contributed by atoms with Crippen molar-refractivity contribution < 1.29 is 14.3 Å². The summed E-state index contributed by atoms with van der Waals surface area (Å²) in [5, 5.41) is 3.12. The molecule has 1 saturated heterocycles. The smallest absolute Gasteiger partial charge is 0.252 e. The maximum atomic E-state index is 12.7. The topological polar surface area (TPSA) is 47.6 Å². The maximum Gasteiger partial charge on any atom is 0.252 e. The van der Waals surface area contributed by atoms with E-state index in [9.17, 15) is 4.79 Å². The standard InChI is InChI=1S/C20H22BrNO3/c1-24-16-7-8-18(21)17(13-16)19(23)22-14-20(9-11-25-12-10-20)15-5-3-2-4-6-15/h2-8,13H,9-12,14H2,1H3,(H,22,23). The van der Waals surface area contributed by atoms with Gasteiger partial charge in [0.05, 0.1) is 12.7 Å². The SMILES string of the molecule is COc1ccc(Br)c(C(=O)NCC2(c3ccccc3)CCOCC2)c1. The Labute approximate surface area is 156 Å². The summed E-state index contributed by atoms with van der Waals surface area (Å²) in [7, 11) is 1.59. The number of rotatable bonds is 5. The van der Waals surface area contributed by atoms with E-state index < -0.39 is 0 Å². The Kier molecular flexibility index (Phi) is 5.76. The Balaban J connectivity index is 1.79. The summed E-state index contributed by atoms with van der Waals surface area (Å²) in [5.41, 5.74) is 1.75. The molecule has 2 aromatic rings. The molecule has 1 aliphatic rings. The zero-order chi connectivity index (χ0) is 17.7. The van der Waals surface area contributed by atoms with Crippen LogP contribution in [-0.2, 0) is 10.2 Å². The Morgan fingerprint density at radius 3 is 2.60 bits per heavy atom. The molecule has 1 amide bonds. The van der Waals surface area contributed by atoms with Crippen molar-refractivity contribution in [3.63, 3.8) is 0 Å². The highest BCUT2D eigenvalue weighted by molar-refractivity contribution is 9.10. The lowest BCUT2D eigenvalue weighted by Gasteiger charge is -2.38. The van der Waals surface area contributed by atoms with Crippen molar-refractivity contribution in [2.45, 2.75) is 18.3 Å². The van der Waals surface area contributed by atoms with Crippen molar-refractivity contribution >= 4 is 21.8 Å². The zero-order valence-corrected chi connectivity index (χ0v) is 15.8. The van der Waals surface area contributed by atoms with Gasteiger partial charge in [0.1, 0.15) is 5.75 Å². The van der Waals surface area contributed by atoms with Gasteiger partial charge in [-0.1, -0.05) is 30.3 Å². The number of ether oxygens (including phenoxy) is 2. The number of hydrogen-bond donors (Lipinski definition) is 1. The van der Waals surface area contributed by atoms with Crippen LogP contribution >= 0.6 is 15.9 Å². The Bertz CT molecular complexity index is 727. The fraction of sp³-hybridized carbons (Fsp3) is 0.350.